The molecule has 0 radical (unpaired) electrons. The van der Waals surface area contributed by atoms with Crippen LogP contribution in [0.5, 0.6) is 0 Å². The van der Waals surface area contributed by atoms with Crippen molar-refractivity contribution in [1.82, 2.24) is 10.6 Å². The molecular formula is C19H24N2O2. The molecule has 0 saturated heterocycles. The lowest BCUT2D eigenvalue weighted by atomic mass is 10.0. The van der Waals surface area contributed by atoms with Gasteiger partial charge in [0.1, 0.15) is 0 Å². The molecule has 0 atom stereocenters. The molecule has 2 amide bonds. The number of nitrogens with one attached hydrogen (secondary N) is 2. The minimum Gasteiger partial charge on any atom is -0.355 e. The zero-order chi connectivity index (χ0) is 16.5. The Morgan fingerprint density at radius 2 is 1.70 bits per heavy atom. The normalized spacial score (nSPS) is 10.5. The van der Waals surface area contributed by atoms with Crippen molar-refractivity contribution in [2.75, 3.05) is 13.1 Å². The standard InChI is InChI=1S/C19H24N2O2/c1-2-3-6-12-20-19(23)14-21-18(22)13-16-10-7-9-15-8-4-5-11-17(15)16/h4-5,7-11H,2-3,6,12-14H2,1H3,(H,20,23)(H,21,22). The Morgan fingerprint density at radius 1 is 0.913 bits per heavy atom. The highest BCUT2D eigenvalue weighted by Crippen LogP contribution is 2.18. The molecule has 0 bridgehead atoms. The molecule has 0 aliphatic rings. The number of carbonyl (C=O) groups excluding carboxylic acids is 2. The number of hydrogen-bond acceptors (Lipinski definition) is 2. The average molecular weight is 312 g/mol. The molecule has 4 nitrogen and oxygen atoms in total. The van der Waals surface area contributed by atoms with Gasteiger partial charge in [0.25, 0.3) is 0 Å². The van der Waals surface area contributed by atoms with Gasteiger partial charge < -0.3 is 10.6 Å². The van der Waals surface area contributed by atoms with Gasteiger partial charge in [-0.3, -0.25) is 9.59 Å². The quantitative estimate of drug-likeness (QED) is 0.736. The molecule has 4 heteroatoms. The van der Waals surface area contributed by atoms with E-state index in [1.165, 1.54) is 0 Å². The highest BCUT2D eigenvalue weighted by atomic mass is 16.2. The highest BCUT2D eigenvalue weighted by Gasteiger charge is 2.08. The van der Waals surface area contributed by atoms with E-state index >= 15 is 0 Å². The van der Waals surface area contributed by atoms with E-state index in [1.807, 2.05) is 42.5 Å². The van der Waals surface area contributed by atoms with Gasteiger partial charge in [0.15, 0.2) is 0 Å². The number of rotatable bonds is 8. The Kier molecular flexibility index (Phi) is 6.60. The van der Waals surface area contributed by atoms with E-state index in [1.54, 1.807) is 0 Å². The van der Waals surface area contributed by atoms with Crippen molar-refractivity contribution in [2.45, 2.75) is 32.6 Å². The van der Waals surface area contributed by atoms with Crippen LogP contribution in [0, 0.1) is 0 Å². The Bertz CT molecular complexity index is 662. The summed E-state index contributed by atoms with van der Waals surface area (Å²) >= 11 is 0. The van der Waals surface area contributed by atoms with Crippen LogP contribution >= 0.6 is 0 Å². The van der Waals surface area contributed by atoms with Gasteiger partial charge in [-0.05, 0) is 22.8 Å². The van der Waals surface area contributed by atoms with E-state index in [2.05, 4.69) is 17.6 Å². The van der Waals surface area contributed by atoms with Crippen LogP contribution < -0.4 is 10.6 Å². The molecule has 0 aliphatic carbocycles. The van der Waals surface area contributed by atoms with E-state index in [-0.39, 0.29) is 24.8 Å². The third kappa shape index (κ3) is 5.40. The first-order valence-corrected chi connectivity index (χ1v) is 8.20. The molecule has 0 aromatic heterocycles. The average Bonchev–Trinajstić information content (AvgIpc) is 2.57. The zero-order valence-corrected chi connectivity index (χ0v) is 13.6. The molecule has 2 aromatic rings. The summed E-state index contributed by atoms with van der Waals surface area (Å²) in [6, 6.07) is 13.9. The summed E-state index contributed by atoms with van der Waals surface area (Å²) in [6.07, 6.45) is 3.49. The molecule has 122 valence electrons. The summed E-state index contributed by atoms with van der Waals surface area (Å²) < 4.78 is 0. The predicted molar refractivity (Wildman–Crippen MR) is 93.2 cm³/mol. The van der Waals surface area contributed by atoms with Gasteiger partial charge in [0, 0.05) is 6.54 Å². The minimum atomic E-state index is -0.134. The predicted octanol–water partition coefficient (Wildman–Crippen LogP) is 2.80. The summed E-state index contributed by atoms with van der Waals surface area (Å²) in [4.78, 5) is 23.7. The topological polar surface area (TPSA) is 58.2 Å². The summed E-state index contributed by atoms with van der Waals surface area (Å²) in [6.45, 7) is 2.83. The van der Waals surface area contributed by atoms with Crippen molar-refractivity contribution in [3.8, 4) is 0 Å². The van der Waals surface area contributed by atoms with Crippen LogP contribution in [0.2, 0.25) is 0 Å². The molecule has 2 N–H and O–H groups in total. The Labute approximate surface area is 137 Å². The number of amides is 2. The van der Waals surface area contributed by atoms with Crippen LogP contribution in [-0.4, -0.2) is 24.9 Å². The molecule has 0 unspecified atom stereocenters. The lowest BCUT2D eigenvalue weighted by Gasteiger charge is -2.08. The van der Waals surface area contributed by atoms with Gasteiger partial charge in [-0.1, -0.05) is 62.2 Å². The third-order valence-electron chi connectivity index (χ3n) is 3.78. The number of carbonyl (C=O) groups is 2. The van der Waals surface area contributed by atoms with Crippen molar-refractivity contribution in [3.63, 3.8) is 0 Å². The summed E-state index contributed by atoms with van der Waals surface area (Å²) in [5, 5.41) is 7.69. The van der Waals surface area contributed by atoms with E-state index in [0.717, 1.165) is 35.6 Å². The molecule has 23 heavy (non-hydrogen) atoms. The van der Waals surface area contributed by atoms with Crippen LogP contribution in [0.3, 0.4) is 0 Å². The van der Waals surface area contributed by atoms with Gasteiger partial charge in [-0.2, -0.15) is 0 Å². The van der Waals surface area contributed by atoms with Crippen molar-refractivity contribution >= 4 is 22.6 Å². The van der Waals surface area contributed by atoms with Crippen molar-refractivity contribution in [2.24, 2.45) is 0 Å². The second kappa shape index (κ2) is 8.93. The van der Waals surface area contributed by atoms with Gasteiger partial charge in [-0.15, -0.1) is 0 Å². The van der Waals surface area contributed by atoms with Gasteiger partial charge in [0.2, 0.25) is 11.8 Å². The molecule has 2 aromatic carbocycles. The Hall–Kier alpha value is -2.36. The molecule has 0 aliphatic heterocycles. The highest BCUT2D eigenvalue weighted by molar-refractivity contribution is 5.91. The van der Waals surface area contributed by atoms with Crippen LogP contribution in [0.4, 0.5) is 0 Å². The largest absolute Gasteiger partial charge is 0.355 e. The molecule has 0 fully saturated rings. The van der Waals surface area contributed by atoms with Crippen molar-refractivity contribution in [1.29, 1.82) is 0 Å². The fraction of sp³-hybridized carbons (Fsp3) is 0.368. The van der Waals surface area contributed by atoms with Crippen LogP contribution in [-0.2, 0) is 16.0 Å². The maximum Gasteiger partial charge on any atom is 0.239 e. The monoisotopic (exact) mass is 312 g/mol. The van der Waals surface area contributed by atoms with Crippen molar-refractivity contribution < 1.29 is 9.59 Å². The van der Waals surface area contributed by atoms with E-state index in [4.69, 9.17) is 0 Å². The second-order valence-electron chi connectivity index (χ2n) is 5.65. The van der Waals surface area contributed by atoms with E-state index < -0.39 is 0 Å². The lowest BCUT2D eigenvalue weighted by Crippen LogP contribution is -2.37. The first kappa shape index (κ1) is 17.0. The Balaban J connectivity index is 1.81. The van der Waals surface area contributed by atoms with Gasteiger partial charge in [0.05, 0.1) is 13.0 Å². The lowest BCUT2D eigenvalue weighted by molar-refractivity contribution is -0.125. The van der Waals surface area contributed by atoms with Gasteiger partial charge >= 0.3 is 0 Å². The summed E-state index contributed by atoms with van der Waals surface area (Å²) in [5.74, 6) is -0.266. The number of unbranched alkanes of at least 4 members (excludes halogenated alkanes) is 2. The number of benzene rings is 2. The molecular weight excluding hydrogens is 288 g/mol. The third-order valence-corrected chi connectivity index (χ3v) is 3.78. The zero-order valence-electron chi connectivity index (χ0n) is 13.6. The van der Waals surface area contributed by atoms with Crippen LogP contribution in [0.1, 0.15) is 31.7 Å². The van der Waals surface area contributed by atoms with Gasteiger partial charge in [-0.25, -0.2) is 0 Å². The SMILES string of the molecule is CCCCCNC(=O)CNC(=O)Cc1cccc2ccccc12. The Morgan fingerprint density at radius 3 is 2.52 bits per heavy atom. The van der Waals surface area contributed by atoms with Crippen LogP contribution in [0.25, 0.3) is 10.8 Å². The molecule has 0 saturated carbocycles. The molecule has 0 heterocycles. The first-order chi connectivity index (χ1) is 11.2. The minimum absolute atomic E-state index is 0.0374. The summed E-state index contributed by atoms with van der Waals surface area (Å²) in [7, 11) is 0. The number of fused-ring (bicyclic) bond motifs is 1. The fourth-order valence-electron chi connectivity index (χ4n) is 2.53. The second-order valence-corrected chi connectivity index (χ2v) is 5.65. The smallest absolute Gasteiger partial charge is 0.239 e. The summed E-state index contributed by atoms with van der Waals surface area (Å²) in [5.41, 5.74) is 0.976. The molecule has 2 rings (SSSR count). The maximum atomic E-state index is 12.0. The fourth-order valence-corrected chi connectivity index (χ4v) is 2.53. The number of hydrogen-bond donors (Lipinski definition) is 2. The van der Waals surface area contributed by atoms with E-state index in [0.29, 0.717) is 6.54 Å². The molecule has 0 spiro atoms. The maximum absolute atomic E-state index is 12.0. The van der Waals surface area contributed by atoms with Crippen LogP contribution in [0.15, 0.2) is 42.5 Å². The van der Waals surface area contributed by atoms with E-state index in [9.17, 15) is 9.59 Å². The van der Waals surface area contributed by atoms with Crippen molar-refractivity contribution in [3.05, 3.63) is 48.0 Å². The first-order valence-electron chi connectivity index (χ1n) is 8.20.